The summed E-state index contributed by atoms with van der Waals surface area (Å²) in [5.41, 5.74) is 3.84. The SMILES string of the molecule is CCNC(=O)c1ccc(C)c(NC(=O)c2cc3c(C)nn(Cc4ccccc4Cl)c3s2)c1. The second-order valence-electron chi connectivity index (χ2n) is 7.51. The molecule has 32 heavy (non-hydrogen) atoms. The van der Waals surface area contributed by atoms with Crippen LogP contribution in [0.5, 0.6) is 0 Å². The second kappa shape index (κ2) is 9.14. The number of hydrogen-bond acceptors (Lipinski definition) is 4. The number of fused-ring (bicyclic) bond motifs is 1. The van der Waals surface area contributed by atoms with Crippen LogP contribution in [-0.4, -0.2) is 28.1 Å². The Morgan fingerprint density at radius 1 is 1.09 bits per heavy atom. The Labute approximate surface area is 195 Å². The highest BCUT2D eigenvalue weighted by molar-refractivity contribution is 7.20. The van der Waals surface area contributed by atoms with Crippen molar-refractivity contribution < 1.29 is 9.59 Å². The molecule has 0 aliphatic heterocycles. The fraction of sp³-hybridized carbons (Fsp3) is 0.208. The lowest BCUT2D eigenvalue weighted by Gasteiger charge is -2.10. The smallest absolute Gasteiger partial charge is 0.265 e. The number of anilines is 1. The highest BCUT2D eigenvalue weighted by atomic mass is 35.5. The van der Waals surface area contributed by atoms with E-state index < -0.39 is 0 Å². The molecule has 2 amide bonds. The predicted molar refractivity (Wildman–Crippen MR) is 130 cm³/mol. The van der Waals surface area contributed by atoms with Gasteiger partial charge in [0.25, 0.3) is 11.8 Å². The standard InChI is InChI=1S/C24H23ClN4O2S/c1-4-26-22(30)16-10-9-14(2)20(11-16)27-23(31)21-12-18-15(3)28-29(24(18)32-21)13-17-7-5-6-8-19(17)25/h5-12H,4,13H2,1-3H3,(H,26,30)(H,27,31). The van der Waals surface area contributed by atoms with Crippen molar-refractivity contribution in [3.05, 3.63) is 80.8 Å². The Morgan fingerprint density at radius 2 is 1.88 bits per heavy atom. The van der Waals surface area contributed by atoms with Gasteiger partial charge >= 0.3 is 0 Å². The van der Waals surface area contributed by atoms with Gasteiger partial charge in [-0.3, -0.25) is 14.3 Å². The fourth-order valence-electron chi connectivity index (χ4n) is 3.46. The fourth-order valence-corrected chi connectivity index (χ4v) is 4.72. The third-order valence-electron chi connectivity index (χ3n) is 5.19. The third kappa shape index (κ3) is 4.40. The number of nitrogens with zero attached hydrogens (tertiary/aromatic N) is 2. The molecule has 0 aliphatic carbocycles. The molecule has 0 fully saturated rings. The Hall–Kier alpha value is -3.16. The molecule has 0 radical (unpaired) electrons. The predicted octanol–water partition coefficient (Wildman–Crippen LogP) is 5.42. The molecule has 0 aliphatic rings. The first-order valence-electron chi connectivity index (χ1n) is 10.3. The number of benzene rings is 2. The molecule has 0 atom stereocenters. The summed E-state index contributed by atoms with van der Waals surface area (Å²) in [5, 5.41) is 12.0. The Bertz CT molecular complexity index is 1330. The molecule has 4 aromatic rings. The summed E-state index contributed by atoms with van der Waals surface area (Å²) in [6.07, 6.45) is 0. The Morgan fingerprint density at radius 3 is 2.62 bits per heavy atom. The van der Waals surface area contributed by atoms with Crippen molar-refractivity contribution in [2.75, 3.05) is 11.9 Å². The van der Waals surface area contributed by atoms with Gasteiger partial charge in [-0.2, -0.15) is 5.10 Å². The lowest BCUT2D eigenvalue weighted by Crippen LogP contribution is -2.23. The zero-order valence-corrected chi connectivity index (χ0v) is 19.6. The molecule has 164 valence electrons. The minimum atomic E-state index is -0.217. The molecule has 2 aromatic carbocycles. The van der Waals surface area contributed by atoms with E-state index in [1.165, 1.54) is 11.3 Å². The maximum atomic E-state index is 13.0. The zero-order valence-electron chi connectivity index (χ0n) is 18.0. The molecule has 2 N–H and O–H groups in total. The number of rotatable bonds is 6. The van der Waals surface area contributed by atoms with Crippen molar-refractivity contribution >= 4 is 50.7 Å². The van der Waals surface area contributed by atoms with Gasteiger partial charge in [0.1, 0.15) is 4.83 Å². The average molecular weight is 467 g/mol. The highest BCUT2D eigenvalue weighted by Crippen LogP contribution is 2.30. The minimum absolute atomic E-state index is 0.167. The molecule has 2 heterocycles. The van der Waals surface area contributed by atoms with Crippen LogP contribution in [0.25, 0.3) is 10.2 Å². The van der Waals surface area contributed by atoms with Gasteiger partial charge in [-0.15, -0.1) is 11.3 Å². The van der Waals surface area contributed by atoms with Crippen LogP contribution in [0.2, 0.25) is 5.02 Å². The van der Waals surface area contributed by atoms with Crippen molar-refractivity contribution in [2.24, 2.45) is 0 Å². The van der Waals surface area contributed by atoms with Crippen LogP contribution in [0.1, 0.15) is 43.8 Å². The summed E-state index contributed by atoms with van der Waals surface area (Å²) < 4.78 is 1.88. The Balaban J connectivity index is 1.61. The molecule has 8 heteroatoms. The van der Waals surface area contributed by atoms with E-state index in [0.717, 1.165) is 27.0 Å². The van der Waals surface area contributed by atoms with E-state index in [0.29, 0.717) is 34.2 Å². The van der Waals surface area contributed by atoms with Gasteiger partial charge in [0.2, 0.25) is 0 Å². The summed E-state index contributed by atoms with van der Waals surface area (Å²) in [7, 11) is 0. The van der Waals surface area contributed by atoms with Gasteiger partial charge in [-0.05, 0) is 56.2 Å². The van der Waals surface area contributed by atoms with Gasteiger partial charge in [-0.1, -0.05) is 35.9 Å². The largest absolute Gasteiger partial charge is 0.352 e. The van der Waals surface area contributed by atoms with E-state index in [1.54, 1.807) is 12.1 Å². The highest BCUT2D eigenvalue weighted by Gasteiger charge is 2.18. The van der Waals surface area contributed by atoms with Gasteiger partial charge < -0.3 is 10.6 Å². The molecular formula is C24H23ClN4O2S. The zero-order chi connectivity index (χ0) is 22.8. The number of amides is 2. The van der Waals surface area contributed by atoms with Gasteiger partial charge in [0.05, 0.1) is 17.1 Å². The van der Waals surface area contributed by atoms with Crippen LogP contribution < -0.4 is 10.6 Å². The van der Waals surface area contributed by atoms with Crippen molar-refractivity contribution in [3.8, 4) is 0 Å². The van der Waals surface area contributed by atoms with Crippen molar-refractivity contribution in [1.29, 1.82) is 0 Å². The molecule has 0 bridgehead atoms. The number of nitrogens with one attached hydrogen (secondary N) is 2. The first kappa shape index (κ1) is 22.0. The summed E-state index contributed by atoms with van der Waals surface area (Å²) in [4.78, 5) is 26.7. The normalized spacial score (nSPS) is 11.0. The van der Waals surface area contributed by atoms with Crippen LogP contribution in [0.4, 0.5) is 5.69 Å². The van der Waals surface area contributed by atoms with Gasteiger partial charge in [0.15, 0.2) is 0 Å². The number of carbonyl (C=O) groups excluding carboxylic acids is 2. The topological polar surface area (TPSA) is 76.0 Å². The first-order valence-corrected chi connectivity index (χ1v) is 11.5. The molecule has 0 saturated heterocycles. The van der Waals surface area contributed by atoms with Gasteiger partial charge in [-0.25, -0.2) is 0 Å². The molecule has 4 rings (SSSR count). The first-order chi connectivity index (χ1) is 15.4. The summed E-state index contributed by atoms with van der Waals surface area (Å²) in [6.45, 7) is 6.76. The molecule has 0 saturated carbocycles. The van der Waals surface area contributed by atoms with Crippen molar-refractivity contribution in [1.82, 2.24) is 15.1 Å². The maximum absolute atomic E-state index is 13.0. The number of halogens is 1. The summed E-state index contributed by atoms with van der Waals surface area (Å²) >= 11 is 7.71. The number of aryl methyl sites for hydroxylation is 2. The van der Waals surface area contributed by atoms with Crippen molar-refractivity contribution in [2.45, 2.75) is 27.3 Å². The number of thiophene rings is 1. The van der Waals surface area contributed by atoms with Crippen LogP contribution in [0.15, 0.2) is 48.5 Å². The van der Waals surface area contributed by atoms with E-state index in [9.17, 15) is 9.59 Å². The van der Waals surface area contributed by atoms with Crippen LogP contribution in [-0.2, 0) is 6.54 Å². The monoisotopic (exact) mass is 466 g/mol. The van der Waals surface area contributed by atoms with Crippen LogP contribution >= 0.6 is 22.9 Å². The Kier molecular flexibility index (Phi) is 6.30. The summed E-state index contributed by atoms with van der Waals surface area (Å²) in [5.74, 6) is -0.383. The van der Waals surface area contributed by atoms with Gasteiger partial charge in [0, 0.05) is 28.2 Å². The molecule has 0 spiro atoms. The number of carbonyl (C=O) groups is 2. The van der Waals surface area contributed by atoms with E-state index >= 15 is 0 Å². The molecule has 6 nitrogen and oxygen atoms in total. The quantitative estimate of drug-likeness (QED) is 0.398. The summed E-state index contributed by atoms with van der Waals surface area (Å²) in [6, 6.07) is 14.8. The van der Waals surface area contributed by atoms with E-state index in [1.807, 2.05) is 61.9 Å². The van der Waals surface area contributed by atoms with Crippen molar-refractivity contribution in [3.63, 3.8) is 0 Å². The molecule has 0 unspecified atom stereocenters. The average Bonchev–Trinajstić information content (AvgIpc) is 3.33. The minimum Gasteiger partial charge on any atom is -0.352 e. The third-order valence-corrected chi connectivity index (χ3v) is 6.71. The second-order valence-corrected chi connectivity index (χ2v) is 8.95. The lowest BCUT2D eigenvalue weighted by atomic mass is 10.1. The maximum Gasteiger partial charge on any atom is 0.265 e. The molecular weight excluding hydrogens is 444 g/mol. The van der Waals surface area contributed by atoms with Crippen LogP contribution in [0, 0.1) is 13.8 Å². The molecule has 2 aromatic heterocycles. The van der Waals surface area contributed by atoms with E-state index in [-0.39, 0.29) is 11.8 Å². The lowest BCUT2D eigenvalue weighted by molar-refractivity contribution is 0.0954. The van der Waals surface area contributed by atoms with E-state index in [2.05, 4.69) is 15.7 Å². The van der Waals surface area contributed by atoms with Crippen LogP contribution in [0.3, 0.4) is 0 Å². The number of hydrogen-bond donors (Lipinski definition) is 2. The number of aromatic nitrogens is 2. The van der Waals surface area contributed by atoms with E-state index in [4.69, 9.17) is 11.6 Å².